The van der Waals surface area contributed by atoms with Crippen molar-refractivity contribution in [1.82, 2.24) is 25.8 Å². The largest absolute Gasteiger partial charge is 0.367 e. The summed E-state index contributed by atoms with van der Waals surface area (Å²) in [7, 11) is 0. The Morgan fingerprint density at radius 1 is 1.10 bits per heavy atom. The summed E-state index contributed by atoms with van der Waals surface area (Å²) in [5.41, 5.74) is 8.63. The van der Waals surface area contributed by atoms with Gasteiger partial charge in [-0.1, -0.05) is 12.1 Å². The van der Waals surface area contributed by atoms with Gasteiger partial charge in [-0.3, -0.25) is 20.6 Å². The van der Waals surface area contributed by atoms with Crippen LogP contribution in [0, 0.1) is 5.92 Å². The summed E-state index contributed by atoms with van der Waals surface area (Å²) in [6, 6.07) is 13.8. The predicted octanol–water partition coefficient (Wildman–Crippen LogP) is 2.85. The zero-order valence-electron chi connectivity index (χ0n) is 17.1. The molecule has 0 bridgehead atoms. The fourth-order valence-electron chi connectivity index (χ4n) is 4.36. The number of carbonyl (C=O) groups excluding carboxylic acids is 1. The fourth-order valence-corrected chi connectivity index (χ4v) is 4.36. The molecule has 31 heavy (non-hydrogen) atoms. The van der Waals surface area contributed by atoms with Gasteiger partial charge in [0.15, 0.2) is 5.82 Å². The Kier molecular flexibility index (Phi) is 5.56. The molecule has 4 N–H and O–H groups in total. The summed E-state index contributed by atoms with van der Waals surface area (Å²) in [6.45, 7) is 1.02. The molecule has 5 rings (SSSR count). The Morgan fingerprint density at radius 2 is 2.06 bits per heavy atom. The minimum Gasteiger partial charge on any atom is -0.367 e. The molecule has 8 heteroatoms. The van der Waals surface area contributed by atoms with Crippen LogP contribution in [0.5, 0.6) is 0 Å². The highest BCUT2D eigenvalue weighted by Crippen LogP contribution is 2.28. The number of nitrogens with zero attached hydrogens (tertiary/aromatic N) is 3. The normalized spacial score (nSPS) is 22.5. The number of hydrazine groups is 1. The molecule has 1 aliphatic carbocycles. The second-order valence-electron chi connectivity index (χ2n) is 8.09. The fraction of sp³-hybridized carbons (Fsp3) is 0.304. The molecule has 3 unspecified atom stereocenters. The SMILES string of the molecule is O=C(Nc1cccnc1)c1cccc(-c2nccc(NC3CCC4NNCC4C3)n2)c1. The van der Waals surface area contributed by atoms with E-state index < -0.39 is 0 Å². The topological polar surface area (TPSA) is 104 Å². The van der Waals surface area contributed by atoms with E-state index in [1.54, 1.807) is 36.8 Å². The summed E-state index contributed by atoms with van der Waals surface area (Å²) < 4.78 is 0. The smallest absolute Gasteiger partial charge is 0.255 e. The molecule has 1 aliphatic heterocycles. The molecule has 3 heterocycles. The van der Waals surface area contributed by atoms with Gasteiger partial charge in [-0.05, 0) is 55.5 Å². The maximum atomic E-state index is 12.6. The second-order valence-corrected chi connectivity index (χ2v) is 8.09. The van der Waals surface area contributed by atoms with E-state index in [0.29, 0.717) is 35.1 Å². The van der Waals surface area contributed by atoms with Gasteiger partial charge in [-0.2, -0.15) is 0 Å². The number of amides is 1. The number of rotatable bonds is 5. The van der Waals surface area contributed by atoms with Crippen molar-refractivity contribution in [3.05, 3.63) is 66.6 Å². The van der Waals surface area contributed by atoms with Crippen LogP contribution in [0.4, 0.5) is 11.5 Å². The van der Waals surface area contributed by atoms with Gasteiger partial charge in [0.05, 0.1) is 11.9 Å². The first-order valence-electron chi connectivity index (χ1n) is 10.6. The van der Waals surface area contributed by atoms with E-state index in [-0.39, 0.29) is 5.91 Å². The molecule has 1 saturated carbocycles. The van der Waals surface area contributed by atoms with Crippen LogP contribution in [0.1, 0.15) is 29.6 Å². The van der Waals surface area contributed by atoms with Crippen LogP contribution >= 0.6 is 0 Å². The Labute approximate surface area is 180 Å². The molecule has 1 saturated heterocycles. The molecule has 2 aromatic heterocycles. The maximum Gasteiger partial charge on any atom is 0.255 e. The van der Waals surface area contributed by atoms with Crippen LogP contribution in [-0.4, -0.2) is 39.5 Å². The average Bonchev–Trinajstić information content (AvgIpc) is 3.28. The first-order chi connectivity index (χ1) is 15.2. The Balaban J connectivity index is 1.29. The lowest BCUT2D eigenvalue weighted by Gasteiger charge is -2.31. The number of fused-ring (bicyclic) bond motifs is 1. The number of carbonyl (C=O) groups is 1. The van der Waals surface area contributed by atoms with E-state index in [0.717, 1.165) is 37.2 Å². The van der Waals surface area contributed by atoms with Gasteiger partial charge < -0.3 is 10.6 Å². The molecule has 3 aromatic rings. The quantitative estimate of drug-likeness (QED) is 0.508. The zero-order chi connectivity index (χ0) is 21.0. The number of benzene rings is 1. The van der Waals surface area contributed by atoms with Crippen molar-refractivity contribution in [2.75, 3.05) is 17.2 Å². The van der Waals surface area contributed by atoms with Gasteiger partial charge in [0, 0.05) is 42.1 Å². The Hall–Kier alpha value is -3.36. The highest BCUT2D eigenvalue weighted by Gasteiger charge is 2.33. The van der Waals surface area contributed by atoms with Crippen molar-refractivity contribution in [2.24, 2.45) is 5.92 Å². The summed E-state index contributed by atoms with van der Waals surface area (Å²) in [4.78, 5) is 25.8. The molecule has 1 amide bonds. The minimum absolute atomic E-state index is 0.195. The molecule has 0 spiro atoms. The van der Waals surface area contributed by atoms with Gasteiger partial charge in [0.25, 0.3) is 5.91 Å². The van der Waals surface area contributed by atoms with Crippen LogP contribution in [0.15, 0.2) is 61.1 Å². The highest BCUT2D eigenvalue weighted by molar-refractivity contribution is 6.04. The van der Waals surface area contributed by atoms with E-state index in [9.17, 15) is 4.79 Å². The van der Waals surface area contributed by atoms with Crippen LogP contribution in [-0.2, 0) is 0 Å². The van der Waals surface area contributed by atoms with Gasteiger partial charge in [0.2, 0.25) is 0 Å². The van der Waals surface area contributed by atoms with E-state index in [4.69, 9.17) is 4.98 Å². The summed E-state index contributed by atoms with van der Waals surface area (Å²) in [5.74, 6) is 1.87. The summed E-state index contributed by atoms with van der Waals surface area (Å²) in [6.07, 6.45) is 8.43. The monoisotopic (exact) mass is 415 g/mol. The number of nitrogens with one attached hydrogen (secondary N) is 4. The van der Waals surface area contributed by atoms with E-state index in [1.807, 2.05) is 24.3 Å². The van der Waals surface area contributed by atoms with E-state index in [2.05, 4.69) is 31.5 Å². The highest BCUT2D eigenvalue weighted by atomic mass is 16.1. The summed E-state index contributed by atoms with van der Waals surface area (Å²) in [5, 5.41) is 6.44. The lowest BCUT2D eigenvalue weighted by molar-refractivity contribution is 0.102. The number of aromatic nitrogens is 3. The van der Waals surface area contributed by atoms with Crippen molar-refractivity contribution in [3.63, 3.8) is 0 Å². The average molecular weight is 416 g/mol. The van der Waals surface area contributed by atoms with Crippen molar-refractivity contribution in [3.8, 4) is 11.4 Å². The third-order valence-electron chi connectivity index (χ3n) is 5.94. The second kappa shape index (κ2) is 8.79. The molecule has 3 atom stereocenters. The Morgan fingerprint density at radius 3 is 2.97 bits per heavy atom. The number of anilines is 2. The lowest BCUT2D eigenvalue weighted by atomic mass is 9.83. The van der Waals surface area contributed by atoms with Crippen LogP contribution in [0.2, 0.25) is 0 Å². The van der Waals surface area contributed by atoms with Gasteiger partial charge >= 0.3 is 0 Å². The first kappa shape index (κ1) is 19.6. The molecule has 8 nitrogen and oxygen atoms in total. The maximum absolute atomic E-state index is 12.6. The van der Waals surface area contributed by atoms with Crippen LogP contribution in [0.25, 0.3) is 11.4 Å². The van der Waals surface area contributed by atoms with Crippen LogP contribution in [0.3, 0.4) is 0 Å². The Bertz CT molecular complexity index is 1060. The van der Waals surface area contributed by atoms with E-state index in [1.165, 1.54) is 0 Å². The van der Waals surface area contributed by atoms with Gasteiger partial charge in [0.1, 0.15) is 5.82 Å². The van der Waals surface area contributed by atoms with E-state index >= 15 is 0 Å². The molecular formula is C23H25N7O. The standard InChI is InChI=1S/C23H25N7O/c31-23(28-19-5-2-9-24-14-19)16-4-1-3-15(11-16)22-25-10-8-21(29-22)27-18-6-7-20-17(12-18)13-26-30-20/h1-5,8-11,14,17-18,20,26,30H,6-7,12-13H2,(H,28,31)(H,25,27,29). The molecular weight excluding hydrogens is 390 g/mol. The third-order valence-corrected chi connectivity index (χ3v) is 5.94. The van der Waals surface area contributed by atoms with Crippen molar-refractivity contribution in [1.29, 1.82) is 0 Å². The van der Waals surface area contributed by atoms with Gasteiger partial charge in [-0.25, -0.2) is 9.97 Å². The molecule has 158 valence electrons. The third kappa shape index (κ3) is 4.55. The summed E-state index contributed by atoms with van der Waals surface area (Å²) >= 11 is 0. The van der Waals surface area contributed by atoms with Crippen molar-refractivity contribution < 1.29 is 4.79 Å². The molecule has 2 fully saturated rings. The number of hydrogen-bond acceptors (Lipinski definition) is 7. The molecule has 2 aliphatic rings. The minimum atomic E-state index is -0.195. The predicted molar refractivity (Wildman–Crippen MR) is 119 cm³/mol. The number of hydrogen-bond donors (Lipinski definition) is 4. The molecule has 0 radical (unpaired) electrons. The lowest BCUT2D eigenvalue weighted by Crippen LogP contribution is -2.39. The molecule has 1 aromatic carbocycles. The number of pyridine rings is 1. The first-order valence-corrected chi connectivity index (χ1v) is 10.6. The van der Waals surface area contributed by atoms with Gasteiger partial charge in [-0.15, -0.1) is 0 Å². The zero-order valence-corrected chi connectivity index (χ0v) is 17.1. The van der Waals surface area contributed by atoms with Crippen molar-refractivity contribution >= 4 is 17.4 Å². The van der Waals surface area contributed by atoms with Crippen molar-refractivity contribution in [2.45, 2.75) is 31.3 Å². The van der Waals surface area contributed by atoms with Crippen LogP contribution < -0.4 is 21.5 Å².